The molecule has 0 aliphatic rings. The van der Waals surface area contributed by atoms with Crippen LogP contribution in [0.15, 0.2) is 23.1 Å². The van der Waals surface area contributed by atoms with Crippen molar-refractivity contribution >= 4 is 34.1 Å². The Morgan fingerprint density at radius 3 is 2.93 bits per heavy atom. The fourth-order valence-corrected chi connectivity index (χ4v) is 2.84. The van der Waals surface area contributed by atoms with E-state index in [4.69, 9.17) is 5.26 Å². The summed E-state index contributed by atoms with van der Waals surface area (Å²) in [7, 11) is 0. The third-order valence-electron chi connectivity index (χ3n) is 2.24. The zero-order valence-corrected chi connectivity index (χ0v) is 9.45. The number of thiol groups is 1. The molecule has 1 nitrogen and oxygen atoms in total. The van der Waals surface area contributed by atoms with E-state index in [2.05, 4.69) is 37.8 Å². The summed E-state index contributed by atoms with van der Waals surface area (Å²) in [5.41, 5.74) is 1.30. The lowest BCUT2D eigenvalue weighted by atomic mass is 10.1. The van der Waals surface area contributed by atoms with Crippen LogP contribution < -0.4 is 0 Å². The van der Waals surface area contributed by atoms with Crippen molar-refractivity contribution in [1.82, 2.24) is 0 Å². The smallest absolute Gasteiger partial charge is 0.119 e. The monoisotopic (exact) mass is 219 g/mol. The molecule has 70 valence electrons. The van der Waals surface area contributed by atoms with Crippen LogP contribution in [-0.2, 0) is 6.42 Å². The molecule has 0 atom stereocenters. The van der Waals surface area contributed by atoms with E-state index in [9.17, 15) is 0 Å². The summed E-state index contributed by atoms with van der Waals surface area (Å²) in [4.78, 5) is 1.52. The van der Waals surface area contributed by atoms with E-state index in [-0.39, 0.29) is 0 Å². The van der Waals surface area contributed by atoms with Crippen molar-refractivity contribution in [2.75, 3.05) is 0 Å². The average molecular weight is 219 g/mol. The molecule has 0 radical (unpaired) electrons. The van der Waals surface area contributed by atoms with Crippen molar-refractivity contribution < 1.29 is 0 Å². The van der Waals surface area contributed by atoms with Crippen molar-refractivity contribution in [3.05, 3.63) is 28.6 Å². The van der Waals surface area contributed by atoms with Crippen LogP contribution in [0, 0.1) is 11.3 Å². The predicted octanol–water partition coefficient (Wildman–Crippen LogP) is 3.62. The lowest BCUT2D eigenvalue weighted by Crippen LogP contribution is -1.76. The van der Waals surface area contributed by atoms with Crippen molar-refractivity contribution in [3.63, 3.8) is 0 Å². The van der Waals surface area contributed by atoms with Gasteiger partial charge >= 0.3 is 0 Å². The maximum Gasteiger partial charge on any atom is 0.119 e. The molecule has 3 heteroatoms. The van der Waals surface area contributed by atoms with Crippen LogP contribution in [0.2, 0.25) is 0 Å². The first-order valence-corrected chi connectivity index (χ1v) is 5.67. The van der Waals surface area contributed by atoms with Gasteiger partial charge in [-0.3, -0.25) is 0 Å². The summed E-state index contributed by atoms with van der Waals surface area (Å²) in [5.74, 6) is 0. The van der Waals surface area contributed by atoms with E-state index in [0.717, 1.165) is 21.4 Å². The Labute approximate surface area is 92.4 Å². The lowest BCUT2D eigenvalue weighted by Gasteiger charge is -1.95. The van der Waals surface area contributed by atoms with Gasteiger partial charge < -0.3 is 0 Å². The second-order valence-corrected chi connectivity index (χ2v) is 4.58. The van der Waals surface area contributed by atoms with Gasteiger partial charge in [0.05, 0.1) is 0 Å². The van der Waals surface area contributed by atoms with Crippen LogP contribution in [0.5, 0.6) is 0 Å². The lowest BCUT2D eigenvalue weighted by molar-refractivity contribution is 1.15. The molecule has 0 unspecified atom stereocenters. The number of aryl methyl sites for hydroxylation is 1. The molecule has 0 aliphatic carbocycles. The summed E-state index contributed by atoms with van der Waals surface area (Å²) in [6, 6.07) is 8.45. The average Bonchev–Trinajstić information content (AvgIpc) is 2.55. The van der Waals surface area contributed by atoms with Crippen LogP contribution in [0.3, 0.4) is 0 Å². The molecule has 0 saturated carbocycles. The summed E-state index contributed by atoms with van der Waals surface area (Å²) in [5, 5.41) is 9.95. The highest BCUT2D eigenvalue weighted by Gasteiger charge is 2.08. The Kier molecular flexibility index (Phi) is 2.49. The number of benzene rings is 1. The maximum atomic E-state index is 8.86. The van der Waals surface area contributed by atoms with Gasteiger partial charge in [-0.25, -0.2) is 0 Å². The molecule has 0 spiro atoms. The molecule has 0 amide bonds. The Morgan fingerprint density at radius 2 is 2.29 bits per heavy atom. The van der Waals surface area contributed by atoms with Gasteiger partial charge in [-0.1, -0.05) is 19.1 Å². The van der Waals surface area contributed by atoms with E-state index >= 15 is 0 Å². The van der Waals surface area contributed by atoms with Gasteiger partial charge in [0.1, 0.15) is 10.9 Å². The number of nitrogens with zero attached hydrogens (tertiary/aromatic N) is 1. The normalized spacial score (nSPS) is 10.4. The van der Waals surface area contributed by atoms with Crippen molar-refractivity contribution in [3.8, 4) is 6.07 Å². The number of nitriles is 1. The number of fused-ring (bicyclic) bond motifs is 1. The standard InChI is InChI=1S/C11H9NS2/c1-2-7-3-4-8-9(5-7)14-10(6-12)11(8)13/h3-5,13H,2H2,1H3. The number of rotatable bonds is 1. The van der Waals surface area contributed by atoms with Crippen LogP contribution in [0.1, 0.15) is 17.4 Å². The summed E-state index contributed by atoms with van der Waals surface area (Å²) in [6.07, 6.45) is 1.03. The van der Waals surface area contributed by atoms with Gasteiger partial charge in [0.2, 0.25) is 0 Å². The van der Waals surface area contributed by atoms with Crippen LogP contribution in [-0.4, -0.2) is 0 Å². The predicted molar refractivity (Wildman–Crippen MR) is 63.2 cm³/mol. The van der Waals surface area contributed by atoms with Crippen molar-refractivity contribution in [2.45, 2.75) is 18.2 Å². The molecule has 2 rings (SSSR count). The molecule has 1 heterocycles. The Bertz CT molecular complexity index is 520. The number of thiophene rings is 1. The molecule has 0 fully saturated rings. The number of hydrogen-bond donors (Lipinski definition) is 1. The molecule has 1 aromatic carbocycles. The van der Waals surface area contributed by atoms with Crippen LogP contribution in [0.25, 0.3) is 10.1 Å². The largest absolute Gasteiger partial charge is 0.191 e. The SMILES string of the molecule is CCc1ccc2c(S)c(C#N)sc2c1. The van der Waals surface area contributed by atoms with Gasteiger partial charge in [0, 0.05) is 15.0 Å². The molecule has 0 N–H and O–H groups in total. The second-order valence-electron chi connectivity index (χ2n) is 3.08. The van der Waals surface area contributed by atoms with Crippen LogP contribution >= 0.6 is 24.0 Å². The van der Waals surface area contributed by atoms with E-state index < -0.39 is 0 Å². The van der Waals surface area contributed by atoms with Gasteiger partial charge in [0.15, 0.2) is 0 Å². The fourth-order valence-electron chi connectivity index (χ4n) is 1.42. The molecule has 0 aliphatic heterocycles. The Balaban J connectivity index is 2.74. The summed E-state index contributed by atoms with van der Waals surface area (Å²) >= 11 is 5.86. The van der Waals surface area contributed by atoms with E-state index in [1.165, 1.54) is 16.9 Å². The maximum absolute atomic E-state index is 8.86. The highest BCUT2D eigenvalue weighted by molar-refractivity contribution is 7.80. The first-order chi connectivity index (χ1) is 6.76. The topological polar surface area (TPSA) is 23.8 Å². The van der Waals surface area contributed by atoms with E-state index in [0.29, 0.717) is 4.88 Å². The van der Waals surface area contributed by atoms with Gasteiger partial charge in [-0.05, 0) is 18.1 Å². The third kappa shape index (κ3) is 1.41. The van der Waals surface area contributed by atoms with Crippen molar-refractivity contribution in [1.29, 1.82) is 5.26 Å². The molecule has 1 aromatic heterocycles. The van der Waals surface area contributed by atoms with Crippen LogP contribution in [0.4, 0.5) is 0 Å². The Morgan fingerprint density at radius 1 is 1.50 bits per heavy atom. The molecule has 2 aromatic rings. The molecule has 0 bridgehead atoms. The quantitative estimate of drug-likeness (QED) is 0.728. The van der Waals surface area contributed by atoms with E-state index in [1.807, 2.05) is 6.07 Å². The molecular formula is C11H9NS2. The highest BCUT2D eigenvalue weighted by Crippen LogP contribution is 2.33. The number of hydrogen-bond acceptors (Lipinski definition) is 3. The van der Waals surface area contributed by atoms with Gasteiger partial charge in [0.25, 0.3) is 0 Å². The third-order valence-corrected chi connectivity index (χ3v) is 3.91. The van der Waals surface area contributed by atoms with E-state index in [1.54, 1.807) is 0 Å². The highest BCUT2D eigenvalue weighted by atomic mass is 32.1. The van der Waals surface area contributed by atoms with Gasteiger partial charge in [-0.15, -0.1) is 24.0 Å². The minimum absolute atomic E-state index is 0.705. The Hall–Kier alpha value is -0.980. The summed E-state index contributed by atoms with van der Waals surface area (Å²) < 4.78 is 1.16. The zero-order chi connectivity index (χ0) is 10.1. The molecule has 14 heavy (non-hydrogen) atoms. The van der Waals surface area contributed by atoms with Crippen molar-refractivity contribution in [2.24, 2.45) is 0 Å². The molecule has 0 saturated heterocycles. The molecular weight excluding hydrogens is 210 g/mol. The fraction of sp³-hybridized carbons (Fsp3) is 0.182. The summed E-state index contributed by atoms with van der Waals surface area (Å²) in [6.45, 7) is 2.13. The second kappa shape index (κ2) is 3.64. The minimum atomic E-state index is 0.705. The zero-order valence-electron chi connectivity index (χ0n) is 7.74. The van der Waals surface area contributed by atoms with Gasteiger partial charge in [-0.2, -0.15) is 5.26 Å². The minimum Gasteiger partial charge on any atom is -0.191 e. The first-order valence-electron chi connectivity index (χ1n) is 4.40. The first kappa shape index (κ1) is 9.57.